The Bertz CT molecular complexity index is 639. The van der Waals surface area contributed by atoms with Gasteiger partial charge < -0.3 is 9.47 Å². The Balaban J connectivity index is 2.29. The topological polar surface area (TPSA) is 102 Å². The van der Waals surface area contributed by atoms with E-state index in [9.17, 15) is 4.79 Å². The maximum absolute atomic E-state index is 11.8. The number of amides is 1. The third-order valence-electron chi connectivity index (χ3n) is 3.09. The lowest BCUT2D eigenvalue weighted by atomic mass is 10.1. The monoisotopic (exact) mass is 290 g/mol. The first-order valence-electron chi connectivity index (χ1n) is 6.44. The normalized spacial score (nSPS) is 11.8. The van der Waals surface area contributed by atoms with E-state index in [0.29, 0.717) is 28.5 Å². The summed E-state index contributed by atoms with van der Waals surface area (Å²) in [6.45, 7) is 3.55. The molecule has 0 aliphatic rings. The van der Waals surface area contributed by atoms with Crippen molar-refractivity contribution >= 4 is 5.91 Å². The molecule has 1 unspecified atom stereocenters. The summed E-state index contributed by atoms with van der Waals surface area (Å²) in [6, 6.07) is 7.28. The third-order valence-corrected chi connectivity index (χ3v) is 3.09. The van der Waals surface area contributed by atoms with Gasteiger partial charge in [-0.05, 0) is 26.0 Å². The fourth-order valence-electron chi connectivity index (χ4n) is 2.06. The number of aromatic amines is 1. The second-order valence-corrected chi connectivity index (χ2v) is 4.49. The van der Waals surface area contributed by atoms with E-state index in [2.05, 4.69) is 15.6 Å². The van der Waals surface area contributed by atoms with E-state index >= 15 is 0 Å². The highest BCUT2D eigenvalue weighted by molar-refractivity contribution is 5.96. The van der Waals surface area contributed by atoms with Crippen LogP contribution in [0.4, 0.5) is 0 Å². The number of benzene rings is 1. The van der Waals surface area contributed by atoms with Crippen molar-refractivity contribution < 1.29 is 14.3 Å². The number of nitrogens with two attached hydrogens (primary N) is 1. The number of nitrogens with zero attached hydrogens (tertiary/aromatic N) is 1. The zero-order valence-corrected chi connectivity index (χ0v) is 12.1. The number of hydrogen-bond donors (Lipinski definition) is 3. The number of para-hydroxylation sites is 2. The molecule has 1 aromatic heterocycles. The summed E-state index contributed by atoms with van der Waals surface area (Å²) in [6.07, 6.45) is -0.446. The standard InChI is InChI=1S/C14H18N4O3/c1-8-12(14(19)16-15)13(18-17-8)9(2)21-11-7-5-4-6-10(11)20-3/h4-7,9H,15H2,1-3H3,(H,16,19)(H,17,18). The molecule has 0 fully saturated rings. The number of carbonyl (C=O) groups excluding carboxylic acids is 1. The van der Waals surface area contributed by atoms with E-state index in [-0.39, 0.29) is 0 Å². The Labute approximate surface area is 122 Å². The molecule has 2 aromatic rings. The minimum absolute atomic E-state index is 0.389. The van der Waals surface area contributed by atoms with Gasteiger partial charge in [-0.3, -0.25) is 15.3 Å². The summed E-state index contributed by atoms with van der Waals surface area (Å²) in [7, 11) is 1.57. The lowest BCUT2D eigenvalue weighted by molar-refractivity contribution is 0.0948. The first-order valence-corrected chi connectivity index (χ1v) is 6.44. The fourth-order valence-corrected chi connectivity index (χ4v) is 2.06. The average Bonchev–Trinajstić information content (AvgIpc) is 2.89. The van der Waals surface area contributed by atoms with Crippen LogP contribution in [0.5, 0.6) is 11.5 Å². The highest BCUT2D eigenvalue weighted by Gasteiger charge is 2.23. The number of hydrogen-bond acceptors (Lipinski definition) is 5. The Hall–Kier alpha value is -2.54. The second kappa shape index (κ2) is 6.27. The van der Waals surface area contributed by atoms with Crippen molar-refractivity contribution in [1.29, 1.82) is 0 Å². The minimum atomic E-state index is -0.446. The van der Waals surface area contributed by atoms with Gasteiger partial charge in [-0.2, -0.15) is 5.10 Å². The van der Waals surface area contributed by atoms with Gasteiger partial charge in [0.05, 0.1) is 12.7 Å². The molecule has 0 radical (unpaired) electrons. The summed E-state index contributed by atoms with van der Waals surface area (Å²) < 4.78 is 11.1. The van der Waals surface area contributed by atoms with Crippen LogP contribution in [0.3, 0.4) is 0 Å². The van der Waals surface area contributed by atoms with Gasteiger partial charge in [0.25, 0.3) is 5.91 Å². The third kappa shape index (κ3) is 2.97. The molecule has 21 heavy (non-hydrogen) atoms. The van der Waals surface area contributed by atoms with E-state index in [1.54, 1.807) is 33.1 Å². The van der Waals surface area contributed by atoms with Gasteiger partial charge in [-0.1, -0.05) is 12.1 Å². The van der Waals surface area contributed by atoms with Gasteiger partial charge in [0.2, 0.25) is 0 Å². The van der Waals surface area contributed by atoms with E-state index in [0.717, 1.165) is 0 Å². The highest BCUT2D eigenvalue weighted by atomic mass is 16.5. The van der Waals surface area contributed by atoms with Crippen LogP contribution in [0.15, 0.2) is 24.3 Å². The largest absolute Gasteiger partial charge is 0.493 e. The number of nitrogens with one attached hydrogen (secondary N) is 2. The first-order chi connectivity index (χ1) is 10.1. The van der Waals surface area contributed by atoms with Gasteiger partial charge >= 0.3 is 0 Å². The Kier molecular flexibility index (Phi) is 4.44. The van der Waals surface area contributed by atoms with Crippen LogP contribution in [-0.2, 0) is 0 Å². The van der Waals surface area contributed by atoms with Gasteiger partial charge in [0.15, 0.2) is 11.5 Å². The van der Waals surface area contributed by atoms with Crippen LogP contribution < -0.4 is 20.7 Å². The molecule has 1 amide bonds. The van der Waals surface area contributed by atoms with E-state index in [4.69, 9.17) is 15.3 Å². The average molecular weight is 290 g/mol. The lowest BCUT2D eigenvalue weighted by Crippen LogP contribution is -2.31. The molecule has 0 saturated carbocycles. The Morgan fingerprint density at radius 2 is 2.05 bits per heavy atom. The number of nitrogen functional groups attached to an aromatic ring is 1. The number of ether oxygens (including phenoxy) is 2. The van der Waals surface area contributed by atoms with Crippen molar-refractivity contribution in [3.63, 3.8) is 0 Å². The molecule has 0 aliphatic carbocycles. The van der Waals surface area contributed by atoms with Crippen molar-refractivity contribution in [2.24, 2.45) is 5.84 Å². The maximum Gasteiger partial charge on any atom is 0.269 e. The van der Waals surface area contributed by atoms with Crippen molar-refractivity contribution in [2.75, 3.05) is 7.11 Å². The van der Waals surface area contributed by atoms with Crippen molar-refractivity contribution in [1.82, 2.24) is 15.6 Å². The molecule has 2 rings (SSSR count). The van der Waals surface area contributed by atoms with Crippen molar-refractivity contribution in [3.8, 4) is 11.5 Å². The zero-order valence-electron chi connectivity index (χ0n) is 12.1. The molecular weight excluding hydrogens is 272 g/mol. The van der Waals surface area contributed by atoms with Crippen LogP contribution >= 0.6 is 0 Å². The van der Waals surface area contributed by atoms with Gasteiger partial charge in [0.1, 0.15) is 11.8 Å². The molecular formula is C14H18N4O3. The van der Waals surface area contributed by atoms with Gasteiger partial charge in [0, 0.05) is 5.69 Å². The molecule has 0 saturated heterocycles. The summed E-state index contributed by atoms with van der Waals surface area (Å²) >= 11 is 0. The second-order valence-electron chi connectivity index (χ2n) is 4.49. The SMILES string of the molecule is COc1ccccc1OC(C)c1n[nH]c(C)c1C(=O)NN. The lowest BCUT2D eigenvalue weighted by Gasteiger charge is -2.16. The first kappa shape index (κ1) is 14.9. The molecule has 1 aromatic carbocycles. The van der Waals surface area contributed by atoms with Crippen LogP contribution in [0, 0.1) is 6.92 Å². The quantitative estimate of drug-likeness (QED) is 0.439. The highest BCUT2D eigenvalue weighted by Crippen LogP contribution is 2.31. The van der Waals surface area contributed by atoms with Crippen LogP contribution in [0.1, 0.15) is 34.8 Å². The number of aryl methyl sites for hydroxylation is 1. The molecule has 0 spiro atoms. The fraction of sp³-hybridized carbons (Fsp3) is 0.286. The minimum Gasteiger partial charge on any atom is -0.493 e. The van der Waals surface area contributed by atoms with Crippen molar-refractivity contribution in [3.05, 3.63) is 41.2 Å². The number of aromatic nitrogens is 2. The Morgan fingerprint density at radius 1 is 1.38 bits per heavy atom. The van der Waals surface area contributed by atoms with Crippen LogP contribution in [0.2, 0.25) is 0 Å². The molecule has 1 atom stereocenters. The van der Waals surface area contributed by atoms with E-state index in [1.807, 2.05) is 12.1 Å². The molecule has 0 aliphatic heterocycles. The summed E-state index contributed by atoms with van der Waals surface area (Å²) in [5.74, 6) is 5.98. The predicted molar refractivity (Wildman–Crippen MR) is 77.0 cm³/mol. The smallest absolute Gasteiger partial charge is 0.269 e. The maximum atomic E-state index is 11.8. The van der Waals surface area contributed by atoms with Crippen molar-refractivity contribution in [2.45, 2.75) is 20.0 Å². The summed E-state index contributed by atoms with van der Waals surface area (Å²) in [5, 5.41) is 6.90. The van der Waals surface area contributed by atoms with E-state index < -0.39 is 12.0 Å². The van der Waals surface area contributed by atoms with Crippen LogP contribution in [0.25, 0.3) is 0 Å². The summed E-state index contributed by atoms with van der Waals surface area (Å²) in [5.41, 5.74) is 3.62. The zero-order chi connectivity index (χ0) is 15.4. The number of rotatable bonds is 5. The van der Waals surface area contributed by atoms with E-state index in [1.165, 1.54) is 0 Å². The predicted octanol–water partition coefficient (Wildman–Crippen LogP) is 1.47. The van der Waals surface area contributed by atoms with Gasteiger partial charge in [-0.15, -0.1) is 0 Å². The molecule has 0 bridgehead atoms. The molecule has 4 N–H and O–H groups in total. The number of H-pyrrole nitrogens is 1. The number of methoxy groups -OCH3 is 1. The Morgan fingerprint density at radius 3 is 2.67 bits per heavy atom. The number of carbonyl (C=O) groups is 1. The molecule has 7 heteroatoms. The molecule has 1 heterocycles. The molecule has 112 valence electrons. The molecule has 7 nitrogen and oxygen atoms in total. The van der Waals surface area contributed by atoms with Gasteiger partial charge in [-0.25, -0.2) is 5.84 Å². The summed E-state index contributed by atoms with van der Waals surface area (Å²) in [4.78, 5) is 11.8. The number of hydrazine groups is 1. The van der Waals surface area contributed by atoms with Crippen LogP contribution in [-0.4, -0.2) is 23.2 Å².